The highest BCUT2D eigenvalue weighted by molar-refractivity contribution is 9.10. The third-order valence-electron chi connectivity index (χ3n) is 4.31. The number of nitrogens with one attached hydrogen (secondary N) is 2. The number of nitrogens with zero attached hydrogens (tertiary/aromatic N) is 1. The summed E-state index contributed by atoms with van der Waals surface area (Å²) in [5, 5.41) is 5.39. The highest BCUT2D eigenvalue weighted by atomic mass is 79.9. The Bertz CT molecular complexity index is 836. The molecule has 4 amide bonds. The average Bonchev–Trinajstić information content (AvgIpc) is 2.98. The number of benzene rings is 2. The Morgan fingerprint density at radius 1 is 1.11 bits per heavy atom. The van der Waals surface area contributed by atoms with Crippen LogP contribution in [0.1, 0.15) is 27.9 Å². The maximum Gasteiger partial charge on any atom is 0.324 e. The SMILES string of the molecule is O=C(NCCCc1cccc(Br)c1)c1ccc(CN2C(=O)CNC2=O)cc1. The first kappa shape index (κ1) is 19.1. The van der Waals surface area contributed by atoms with E-state index in [0.29, 0.717) is 12.1 Å². The number of carbonyl (C=O) groups excluding carboxylic acids is 3. The van der Waals surface area contributed by atoms with Crippen LogP contribution in [0, 0.1) is 0 Å². The first-order valence-corrected chi connectivity index (χ1v) is 9.52. The molecule has 3 rings (SSSR count). The van der Waals surface area contributed by atoms with Crippen molar-refractivity contribution in [3.63, 3.8) is 0 Å². The molecule has 0 radical (unpaired) electrons. The van der Waals surface area contributed by atoms with Crippen LogP contribution in [0.3, 0.4) is 0 Å². The van der Waals surface area contributed by atoms with Gasteiger partial charge in [0, 0.05) is 16.6 Å². The van der Waals surface area contributed by atoms with E-state index in [1.54, 1.807) is 24.3 Å². The lowest BCUT2D eigenvalue weighted by Gasteiger charge is -2.12. The van der Waals surface area contributed by atoms with Crippen molar-refractivity contribution in [2.75, 3.05) is 13.1 Å². The summed E-state index contributed by atoms with van der Waals surface area (Å²) >= 11 is 3.45. The van der Waals surface area contributed by atoms with Gasteiger partial charge < -0.3 is 10.6 Å². The van der Waals surface area contributed by atoms with Gasteiger partial charge in [-0.05, 0) is 48.2 Å². The van der Waals surface area contributed by atoms with Crippen LogP contribution in [0.25, 0.3) is 0 Å². The molecule has 0 unspecified atom stereocenters. The summed E-state index contributed by atoms with van der Waals surface area (Å²) in [5.41, 5.74) is 2.58. The largest absolute Gasteiger partial charge is 0.352 e. The van der Waals surface area contributed by atoms with Gasteiger partial charge in [-0.1, -0.05) is 40.2 Å². The van der Waals surface area contributed by atoms with Crippen molar-refractivity contribution >= 4 is 33.8 Å². The Morgan fingerprint density at radius 3 is 2.56 bits per heavy atom. The topological polar surface area (TPSA) is 78.5 Å². The monoisotopic (exact) mass is 429 g/mol. The number of hydrogen-bond donors (Lipinski definition) is 2. The van der Waals surface area contributed by atoms with Gasteiger partial charge in [0.05, 0.1) is 13.1 Å². The van der Waals surface area contributed by atoms with Crippen LogP contribution in [0.15, 0.2) is 53.0 Å². The molecule has 0 saturated carbocycles. The van der Waals surface area contributed by atoms with Crippen molar-refractivity contribution in [3.8, 4) is 0 Å². The normalized spacial score (nSPS) is 13.6. The molecule has 2 aromatic rings. The lowest BCUT2D eigenvalue weighted by Crippen LogP contribution is -2.30. The zero-order chi connectivity index (χ0) is 19.2. The lowest BCUT2D eigenvalue weighted by molar-refractivity contribution is -0.125. The molecule has 1 fully saturated rings. The Kier molecular flexibility index (Phi) is 6.24. The third kappa shape index (κ3) is 5.17. The minimum atomic E-state index is -0.382. The summed E-state index contributed by atoms with van der Waals surface area (Å²) in [6, 6.07) is 14.7. The second-order valence-electron chi connectivity index (χ2n) is 6.32. The highest BCUT2D eigenvalue weighted by Crippen LogP contribution is 2.13. The van der Waals surface area contributed by atoms with Crippen molar-refractivity contribution in [3.05, 3.63) is 69.7 Å². The van der Waals surface area contributed by atoms with Gasteiger partial charge in [-0.15, -0.1) is 0 Å². The van der Waals surface area contributed by atoms with Gasteiger partial charge in [0.25, 0.3) is 5.91 Å². The van der Waals surface area contributed by atoms with Gasteiger partial charge in [0.1, 0.15) is 0 Å². The van der Waals surface area contributed by atoms with Gasteiger partial charge in [-0.25, -0.2) is 4.79 Å². The molecule has 0 aliphatic carbocycles. The molecule has 7 heteroatoms. The molecule has 0 aromatic heterocycles. The first-order valence-electron chi connectivity index (χ1n) is 8.73. The predicted octanol–water partition coefficient (Wildman–Crippen LogP) is 2.86. The molecule has 27 heavy (non-hydrogen) atoms. The van der Waals surface area contributed by atoms with Gasteiger partial charge in [0.15, 0.2) is 0 Å². The van der Waals surface area contributed by atoms with E-state index in [1.165, 1.54) is 5.56 Å². The molecule has 1 heterocycles. The quantitative estimate of drug-likeness (QED) is 0.524. The number of hydrogen-bond acceptors (Lipinski definition) is 3. The zero-order valence-electron chi connectivity index (χ0n) is 14.7. The Hall–Kier alpha value is -2.67. The number of rotatable bonds is 7. The Balaban J connectivity index is 1.46. The third-order valence-corrected chi connectivity index (χ3v) is 4.80. The van der Waals surface area contributed by atoms with Crippen molar-refractivity contribution in [1.82, 2.24) is 15.5 Å². The molecule has 0 spiro atoms. The number of carbonyl (C=O) groups is 3. The molecule has 2 N–H and O–H groups in total. The standard InChI is InChI=1S/C20H20BrN3O3/c21-17-5-1-3-14(11-17)4-2-10-22-19(26)16-8-6-15(7-9-16)13-24-18(25)12-23-20(24)27/h1,3,5-9,11H,2,4,10,12-13H2,(H,22,26)(H,23,27). The summed E-state index contributed by atoms with van der Waals surface area (Å²) in [5.74, 6) is -0.377. The van der Waals surface area contributed by atoms with Crippen LogP contribution in [0.4, 0.5) is 4.79 Å². The number of aryl methyl sites for hydroxylation is 1. The Labute approximate surface area is 166 Å². The summed E-state index contributed by atoms with van der Waals surface area (Å²) < 4.78 is 1.05. The van der Waals surface area contributed by atoms with Crippen molar-refractivity contribution in [2.24, 2.45) is 0 Å². The van der Waals surface area contributed by atoms with E-state index in [4.69, 9.17) is 0 Å². The van der Waals surface area contributed by atoms with Crippen molar-refractivity contribution < 1.29 is 14.4 Å². The van der Waals surface area contributed by atoms with Crippen molar-refractivity contribution in [2.45, 2.75) is 19.4 Å². The smallest absolute Gasteiger partial charge is 0.324 e. The van der Waals surface area contributed by atoms with E-state index < -0.39 is 0 Å². The van der Waals surface area contributed by atoms with Crippen LogP contribution < -0.4 is 10.6 Å². The fourth-order valence-electron chi connectivity index (χ4n) is 2.85. The molecule has 140 valence electrons. The van der Waals surface area contributed by atoms with Crippen LogP contribution in [-0.2, 0) is 17.8 Å². The van der Waals surface area contributed by atoms with E-state index >= 15 is 0 Å². The van der Waals surface area contributed by atoms with E-state index in [1.807, 2.05) is 12.1 Å². The highest BCUT2D eigenvalue weighted by Gasteiger charge is 2.28. The summed E-state index contributed by atoms with van der Waals surface area (Å²) in [6.07, 6.45) is 1.75. The average molecular weight is 430 g/mol. The molecule has 0 bridgehead atoms. The molecule has 6 nitrogen and oxygen atoms in total. The molecular weight excluding hydrogens is 410 g/mol. The molecule has 1 aliphatic rings. The molecule has 1 saturated heterocycles. The minimum Gasteiger partial charge on any atom is -0.352 e. The zero-order valence-corrected chi connectivity index (χ0v) is 16.3. The van der Waals surface area contributed by atoms with E-state index in [9.17, 15) is 14.4 Å². The second kappa shape index (κ2) is 8.81. The maximum absolute atomic E-state index is 12.2. The van der Waals surface area contributed by atoms with Crippen LogP contribution >= 0.6 is 15.9 Å². The van der Waals surface area contributed by atoms with Gasteiger partial charge in [-0.2, -0.15) is 0 Å². The van der Waals surface area contributed by atoms with E-state index in [0.717, 1.165) is 27.8 Å². The molecule has 0 atom stereocenters. The number of urea groups is 1. The second-order valence-corrected chi connectivity index (χ2v) is 7.24. The number of imide groups is 1. The molecule has 1 aliphatic heterocycles. The fraction of sp³-hybridized carbons (Fsp3) is 0.250. The Morgan fingerprint density at radius 2 is 1.89 bits per heavy atom. The van der Waals surface area contributed by atoms with E-state index in [-0.39, 0.29) is 30.9 Å². The predicted molar refractivity (Wildman–Crippen MR) is 105 cm³/mol. The fourth-order valence-corrected chi connectivity index (χ4v) is 3.30. The van der Waals surface area contributed by atoms with Crippen molar-refractivity contribution in [1.29, 1.82) is 0 Å². The molecular formula is C20H20BrN3O3. The van der Waals surface area contributed by atoms with Crippen LogP contribution in [0.5, 0.6) is 0 Å². The molecule has 2 aromatic carbocycles. The summed E-state index contributed by atoms with van der Waals surface area (Å²) in [4.78, 5) is 36.6. The minimum absolute atomic E-state index is 0.0409. The van der Waals surface area contributed by atoms with Crippen LogP contribution in [-0.4, -0.2) is 35.8 Å². The van der Waals surface area contributed by atoms with Gasteiger partial charge in [0.2, 0.25) is 5.91 Å². The first-order chi connectivity index (χ1) is 13.0. The van der Waals surface area contributed by atoms with E-state index in [2.05, 4.69) is 38.7 Å². The van der Waals surface area contributed by atoms with Gasteiger partial charge in [-0.3, -0.25) is 14.5 Å². The maximum atomic E-state index is 12.2. The lowest BCUT2D eigenvalue weighted by atomic mass is 10.1. The summed E-state index contributed by atoms with van der Waals surface area (Å²) in [7, 11) is 0. The number of halogens is 1. The van der Waals surface area contributed by atoms with Gasteiger partial charge >= 0.3 is 6.03 Å². The van der Waals surface area contributed by atoms with Crippen LogP contribution in [0.2, 0.25) is 0 Å². The summed E-state index contributed by atoms with van der Waals surface area (Å²) in [6.45, 7) is 0.841. The number of amides is 4.